The number of rotatable bonds is 2. The molecule has 0 atom stereocenters. The highest BCUT2D eigenvalue weighted by Gasteiger charge is 2.16. The van der Waals surface area contributed by atoms with Crippen molar-refractivity contribution >= 4 is 17.4 Å². The molecular weight excluding hydrogens is 246 g/mol. The summed E-state index contributed by atoms with van der Waals surface area (Å²) >= 11 is 6.21. The van der Waals surface area contributed by atoms with Crippen LogP contribution in [-0.4, -0.2) is 23.1 Å². The van der Waals surface area contributed by atoms with Gasteiger partial charge < -0.3 is 4.90 Å². The molecule has 100 valence electrons. The molecule has 0 radical (unpaired) electrons. The highest BCUT2D eigenvalue weighted by atomic mass is 35.5. The van der Waals surface area contributed by atoms with Gasteiger partial charge >= 0.3 is 0 Å². The third-order valence-electron chi connectivity index (χ3n) is 3.58. The van der Waals surface area contributed by atoms with Crippen molar-refractivity contribution in [3.63, 3.8) is 0 Å². The largest absolute Gasteiger partial charge is 0.356 e. The molecule has 1 aliphatic rings. The molecule has 1 fully saturated rings. The van der Waals surface area contributed by atoms with Crippen LogP contribution in [0.25, 0.3) is 0 Å². The number of anilines is 1. The van der Waals surface area contributed by atoms with Crippen molar-refractivity contribution < 1.29 is 0 Å². The first-order valence-corrected chi connectivity index (χ1v) is 7.38. The molecule has 1 aromatic heterocycles. The van der Waals surface area contributed by atoms with Gasteiger partial charge in [-0.3, -0.25) is 0 Å². The van der Waals surface area contributed by atoms with E-state index in [1.807, 2.05) is 6.92 Å². The molecule has 0 spiro atoms. The van der Waals surface area contributed by atoms with Crippen molar-refractivity contribution in [2.24, 2.45) is 0 Å². The Bertz CT molecular complexity index is 398. The van der Waals surface area contributed by atoms with Crippen LogP contribution in [0.5, 0.6) is 0 Å². The zero-order valence-electron chi connectivity index (χ0n) is 11.4. The molecule has 0 bridgehead atoms. The molecule has 0 amide bonds. The average molecular weight is 268 g/mol. The third kappa shape index (κ3) is 3.14. The normalized spacial score (nSPS) is 17.4. The minimum Gasteiger partial charge on any atom is -0.356 e. The van der Waals surface area contributed by atoms with Gasteiger partial charge in [0.05, 0.1) is 0 Å². The molecule has 0 unspecified atom stereocenters. The van der Waals surface area contributed by atoms with E-state index in [4.69, 9.17) is 11.6 Å². The molecule has 0 aromatic carbocycles. The quantitative estimate of drug-likeness (QED) is 0.764. The lowest BCUT2D eigenvalue weighted by Crippen LogP contribution is -2.29. The van der Waals surface area contributed by atoms with E-state index in [2.05, 4.69) is 21.8 Å². The van der Waals surface area contributed by atoms with E-state index in [-0.39, 0.29) is 0 Å². The summed E-state index contributed by atoms with van der Waals surface area (Å²) in [6.45, 7) is 6.28. The Morgan fingerprint density at radius 3 is 2.28 bits per heavy atom. The van der Waals surface area contributed by atoms with E-state index in [1.165, 1.54) is 32.1 Å². The minimum atomic E-state index is 0.610. The van der Waals surface area contributed by atoms with E-state index in [0.29, 0.717) is 5.15 Å². The maximum atomic E-state index is 6.21. The van der Waals surface area contributed by atoms with Crippen LogP contribution in [-0.2, 0) is 6.42 Å². The van der Waals surface area contributed by atoms with Gasteiger partial charge in [-0.2, -0.15) is 0 Å². The first-order valence-electron chi connectivity index (χ1n) is 7.00. The number of halogens is 1. The van der Waals surface area contributed by atoms with E-state index in [9.17, 15) is 0 Å². The van der Waals surface area contributed by atoms with Gasteiger partial charge in [0, 0.05) is 25.1 Å². The number of aryl methyl sites for hydroxylation is 1. The van der Waals surface area contributed by atoms with Gasteiger partial charge in [0.2, 0.25) is 0 Å². The Kier molecular flexibility index (Phi) is 4.81. The first kappa shape index (κ1) is 13.6. The summed E-state index contributed by atoms with van der Waals surface area (Å²) in [7, 11) is 0. The van der Waals surface area contributed by atoms with Crippen LogP contribution in [0, 0.1) is 6.92 Å². The van der Waals surface area contributed by atoms with Gasteiger partial charge in [0.1, 0.15) is 16.8 Å². The van der Waals surface area contributed by atoms with Crippen LogP contribution in [0.2, 0.25) is 5.15 Å². The van der Waals surface area contributed by atoms with Crippen molar-refractivity contribution in [3.05, 3.63) is 16.5 Å². The van der Waals surface area contributed by atoms with E-state index >= 15 is 0 Å². The summed E-state index contributed by atoms with van der Waals surface area (Å²) in [5.74, 6) is 1.90. The SMILES string of the molecule is CCc1nc(Cl)c(C)c(N2CCCCCCC2)n1. The van der Waals surface area contributed by atoms with Crippen LogP contribution < -0.4 is 4.90 Å². The molecule has 3 nitrogen and oxygen atoms in total. The van der Waals surface area contributed by atoms with Gasteiger partial charge in [-0.25, -0.2) is 9.97 Å². The topological polar surface area (TPSA) is 29.0 Å². The molecule has 0 N–H and O–H groups in total. The fourth-order valence-corrected chi connectivity index (χ4v) is 2.63. The van der Waals surface area contributed by atoms with Crippen LogP contribution in [0.1, 0.15) is 50.4 Å². The zero-order valence-corrected chi connectivity index (χ0v) is 12.1. The fourth-order valence-electron chi connectivity index (χ4n) is 2.45. The summed E-state index contributed by atoms with van der Waals surface area (Å²) in [4.78, 5) is 11.4. The van der Waals surface area contributed by atoms with Crippen molar-refractivity contribution in [2.45, 2.75) is 52.4 Å². The monoisotopic (exact) mass is 267 g/mol. The van der Waals surface area contributed by atoms with Crippen molar-refractivity contribution in [1.82, 2.24) is 9.97 Å². The summed E-state index contributed by atoms with van der Waals surface area (Å²) in [6.07, 6.45) is 7.37. The number of nitrogens with zero attached hydrogens (tertiary/aromatic N) is 3. The Hall–Kier alpha value is -0.830. The highest BCUT2D eigenvalue weighted by molar-refractivity contribution is 6.30. The van der Waals surface area contributed by atoms with Crippen LogP contribution in [0.15, 0.2) is 0 Å². The van der Waals surface area contributed by atoms with E-state index in [1.54, 1.807) is 0 Å². The van der Waals surface area contributed by atoms with Gasteiger partial charge in [0.15, 0.2) is 0 Å². The van der Waals surface area contributed by atoms with Crippen molar-refractivity contribution in [2.75, 3.05) is 18.0 Å². The Labute approximate surface area is 115 Å². The Balaban J connectivity index is 2.26. The van der Waals surface area contributed by atoms with Gasteiger partial charge in [-0.1, -0.05) is 37.8 Å². The highest BCUT2D eigenvalue weighted by Crippen LogP contribution is 2.25. The van der Waals surface area contributed by atoms with E-state index in [0.717, 1.165) is 36.7 Å². The average Bonchev–Trinajstić information content (AvgIpc) is 2.33. The molecule has 0 aliphatic carbocycles. The summed E-state index contributed by atoms with van der Waals surface area (Å²) in [6, 6.07) is 0. The van der Waals surface area contributed by atoms with E-state index < -0.39 is 0 Å². The van der Waals surface area contributed by atoms with Crippen molar-refractivity contribution in [1.29, 1.82) is 0 Å². The second-order valence-corrected chi connectivity index (χ2v) is 5.35. The van der Waals surface area contributed by atoms with Gasteiger partial charge in [0.25, 0.3) is 0 Å². The second-order valence-electron chi connectivity index (χ2n) is 4.99. The van der Waals surface area contributed by atoms with Crippen LogP contribution in [0.4, 0.5) is 5.82 Å². The smallest absolute Gasteiger partial charge is 0.137 e. The number of aromatic nitrogens is 2. The molecule has 4 heteroatoms. The van der Waals surface area contributed by atoms with Crippen LogP contribution in [0.3, 0.4) is 0 Å². The minimum absolute atomic E-state index is 0.610. The molecule has 18 heavy (non-hydrogen) atoms. The number of hydrogen-bond donors (Lipinski definition) is 0. The molecule has 1 aromatic rings. The lowest BCUT2D eigenvalue weighted by Gasteiger charge is -2.27. The lowest BCUT2D eigenvalue weighted by atomic mass is 10.1. The standard InChI is InChI=1S/C14H22ClN3/c1-3-12-16-13(15)11(2)14(17-12)18-9-7-5-4-6-8-10-18/h3-10H2,1-2H3. The maximum Gasteiger partial charge on any atom is 0.137 e. The Morgan fingerprint density at radius 1 is 1.06 bits per heavy atom. The number of hydrogen-bond acceptors (Lipinski definition) is 3. The lowest BCUT2D eigenvalue weighted by molar-refractivity contribution is 0.552. The molecular formula is C14H22ClN3. The first-order chi connectivity index (χ1) is 8.72. The zero-order chi connectivity index (χ0) is 13.0. The summed E-state index contributed by atoms with van der Waals surface area (Å²) in [5, 5.41) is 0.610. The molecule has 2 heterocycles. The molecule has 1 saturated heterocycles. The fraction of sp³-hybridized carbons (Fsp3) is 0.714. The predicted octanol–water partition coefficient (Wildman–Crippen LogP) is 3.77. The van der Waals surface area contributed by atoms with Crippen LogP contribution >= 0.6 is 11.6 Å². The van der Waals surface area contributed by atoms with Gasteiger partial charge in [-0.05, 0) is 19.8 Å². The van der Waals surface area contributed by atoms with Gasteiger partial charge in [-0.15, -0.1) is 0 Å². The third-order valence-corrected chi connectivity index (χ3v) is 3.95. The molecule has 0 saturated carbocycles. The summed E-state index contributed by atoms with van der Waals surface area (Å²) < 4.78 is 0. The predicted molar refractivity (Wildman–Crippen MR) is 76.5 cm³/mol. The molecule has 1 aliphatic heterocycles. The van der Waals surface area contributed by atoms with Crippen molar-refractivity contribution in [3.8, 4) is 0 Å². The maximum absolute atomic E-state index is 6.21. The Morgan fingerprint density at radius 2 is 1.67 bits per heavy atom. The summed E-state index contributed by atoms with van der Waals surface area (Å²) in [5.41, 5.74) is 1.02. The second kappa shape index (κ2) is 6.37. The molecule has 2 rings (SSSR count).